The first-order valence-corrected chi connectivity index (χ1v) is 14.3. The van der Waals surface area contributed by atoms with Gasteiger partial charge in [-0.15, -0.1) is 0 Å². The third kappa shape index (κ3) is 11.1. The van der Waals surface area contributed by atoms with Crippen LogP contribution in [0, 0.1) is 34.6 Å². The van der Waals surface area contributed by atoms with Crippen LogP contribution in [0.15, 0.2) is 91.0 Å². The van der Waals surface area contributed by atoms with Gasteiger partial charge in [-0.3, -0.25) is 0 Å². The first kappa shape index (κ1) is 32.9. The van der Waals surface area contributed by atoms with E-state index >= 15 is 0 Å². The van der Waals surface area contributed by atoms with Crippen molar-refractivity contribution in [3.63, 3.8) is 0 Å². The zero-order valence-corrected chi connectivity index (χ0v) is 25.8. The summed E-state index contributed by atoms with van der Waals surface area (Å²) in [4.78, 5) is 0. The van der Waals surface area contributed by atoms with E-state index in [1.807, 2.05) is 13.8 Å². The fraction of sp³-hybridized carbons (Fsp3) is 0.368. The van der Waals surface area contributed by atoms with Gasteiger partial charge in [0.1, 0.15) is 0 Å². The molecule has 0 N–H and O–H groups in total. The lowest BCUT2D eigenvalue weighted by molar-refractivity contribution is 0.841. The number of hydrogen-bond acceptors (Lipinski definition) is 0. The van der Waals surface area contributed by atoms with E-state index in [0.717, 1.165) is 19.3 Å². The second-order valence-corrected chi connectivity index (χ2v) is 10.3. The molecule has 204 valence electrons. The van der Waals surface area contributed by atoms with Crippen LogP contribution >= 0.6 is 0 Å². The van der Waals surface area contributed by atoms with Gasteiger partial charge in [-0.25, -0.2) is 0 Å². The second-order valence-electron chi connectivity index (χ2n) is 10.3. The van der Waals surface area contributed by atoms with Crippen LogP contribution in [0.3, 0.4) is 0 Å². The molecule has 0 saturated carbocycles. The van der Waals surface area contributed by atoms with Crippen LogP contribution in [-0.2, 0) is 12.8 Å². The molecule has 0 bridgehead atoms. The molecule has 0 aliphatic heterocycles. The smallest absolute Gasteiger partial charge is 0.00670 e. The molecule has 1 aliphatic rings. The maximum Gasteiger partial charge on any atom is -0.00670 e. The highest BCUT2D eigenvalue weighted by Crippen LogP contribution is 2.27. The van der Waals surface area contributed by atoms with Crippen molar-refractivity contribution in [2.24, 2.45) is 0 Å². The summed E-state index contributed by atoms with van der Waals surface area (Å²) in [7, 11) is 0. The highest BCUT2D eigenvalue weighted by Gasteiger charge is 2.09. The van der Waals surface area contributed by atoms with Crippen molar-refractivity contribution in [1.82, 2.24) is 0 Å². The summed E-state index contributed by atoms with van der Waals surface area (Å²) in [6.07, 6.45) is 7.81. The van der Waals surface area contributed by atoms with Crippen molar-refractivity contribution in [3.8, 4) is 0 Å². The van der Waals surface area contributed by atoms with Crippen LogP contribution in [0.1, 0.15) is 91.5 Å². The van der Waals surface area contributed by atoms with E-state index in [9.17, 15) is 0 Å². The van der Waals surface area contributed by atoms with Gasteiger partial charge in [0, 0.05) is 0 Å². The van der Waals surface area contributed by atoms with Gasteiger partial charge in [-0.1, -0.05) is 116 Å². The number of rotatable bonds is 4. The van der Waals surface area contributed by atoms with Crippen molar-refractivity contribution >= 4 is 5.57 Å². The molecule has 0 heterocycles. The predicted molar refractivity (Wildman–Crippen MR) is 173 cm³/mol. The molecule has 3 aromatic carbocycles. The number of hydrogen-bond donors (Lipinski definition) is 0. The summed E-state index contributed by atoms with van der Waals surface area (Å²) in [5, 5.41) is 0. The lowest BCUT2D eigenvalue weighted by atomic mass is 9.89. The number of aryl methyl sites for hydroxylation is 4. The van der Waals surface area contributed by atoms with Gasteiger partial charge in [-0.05, 0) is 120 Å². The number of fused-ring (bicyclic) bond motifs is 1. The Morgan fingerprint density at radius 2 is 1.29 bits per heavy atom. The normalized spacial score (nSPS) is 12.0. The van der Waals surface area contributed by atoms with Gasteiger partial charge in [0.25, 0.3) is 0 Å². The average Bonchev–Trinajstić information content (AvgIpc) is 2.93. The van der Waals surface area contributed by atoms with E-state index in [0.29, 0.717) is 0 Å². The second kappa shape index (κ2) is 17.4. The summed E-state index contributed by atoms with van der Waals surface area (Å²) in [5.41, 5.74) is 15.2. The van der Waals surface area contributed by atoms with Crippen LogP contribution in [0.25, 0.3) is 5.57 Å². The molecule has 38 heavy (non-hydrogen) atoms. The van der Waals surface area contributed by atoms with Crippen LogP contribution in [0.5, 0.6) is 0 Å². The fourth-order valence-corrected chi connectivity index (χ4v) is 4.25. The standard InChI is InChI=1S/C17H24.C11H12.C8H10.C2H6/c1-7-12(2)8-9-14(4)17-11-10-13(3)15(5)16(17)6;1-9-6-7-10-4-2-3-5-11(10)8-9;1-7-3-5-8(2)6-4-7;1-2/h7,10-11H,4,8-9H2,1-3,5-6H3;2-5H,1,6-8H2;3-6H,1-2H3;1-2H3/b12-7-;;;. The Labute approximate surface area is 235 Å². The van der Waals surface area contributed by atoms with E-state index in [1.165, 1.54) is 74.1 Å². The Morgan fingerprint density at radius 3 is 1.84 bits per heavy atom. The predicted octanol–water partition coefficient (Wildman–Crippen LogP) is 11.4. The maximum atomic E-state index is 4.24. The van der Waals surface area contributed by atoms with Gasteiger partial charge in [-0.2, -0.15) is 0 Å². The first-order chi connectivity index (χ1) is 18.1. The molecule has 0 radical (unpaired) electrons. The van der Waals surface area contributed by atoms with Crippen LogP contribution < -0.4 is 0 Å². The van der Waals surface area contributed by atoms with E-state index in [4.69, 9.17) is 0 Å². The Hall–Kier alpha value is -3.12. The Kier molecular flexibility index (Phi) is 15.1. The molecule has 0 nitrogen and oxygen atoms in total. The van der Waals surface area contributed by atoms with Gasteiger partial charge < -0.3 is 0 Å². The zero-order valence-electron chi connectivity index (χ0n) is 25.8. The Bertz CT molecular complexity index is 1160. The van der Waals surface area contributed by atoms with Crippen LogP contribution in [-0.4, -0.2) is 0 Å². The van der Waals surface area contributed by atoms with Crippen LogP contribution in [0.2, 0.25) is 0 Å². The lowest BCUT2D eigenvalue weighted by Crippen LogP contribution is -2.03. The molecule has 0 spiro atoms. The summed E-state index contributed by atoms with van der Waals surface area (Å²) >= 11 is 0. The monoisotopic (exact) mass is 508 g/mol. The van der Waals surface area contributed by atoms with Crippen molar-refractivity contribution < 1.29 is 0 Å². The van der Waals surface area contributed by atoms with Gasteiger partial charge in [0.15, 0.2) is 0 Å². The lowest BCUT2D eigenvalue weighted by Gasteiger charge is -2.16. The average molecular weight is 509 g/mol. The summed E-state index contributed by atoms with van der Waals surface area (Å²) in [6.45, 7) is 27.3. The molecular formula is C38H52. The van der Waals surface area contributed by atoms with Crippen LogP contribution in [0.4, 0.5) is 0 Å². The van der Waals surface area contributed by atoms with Crippen molar-refractivity contribution in [1.29, 1.82) is 0 Å². The topological polar surface area (TPSA) is 0 Å². The highest BCUT2D eigenvalue weighted by molar-refractivity contribution is 5.68. The molecule has 0 fully saturated rings. The van der Waals surface area contributed by atoms with E-state index in [1.54, 1.807) is 0 Å². The summed E-state index contributed by atoms with van der Waals surface area (Å²) in [5.74, 6) is 0. The number of allylic oxidation sites excluding steroid dienone is 4. The molecule has 4 rings (SSSR count). The van der Waals surface area contributed by atoms with Crippen molar-refractivity contribution in [2.75, 3.05) is 0 Å². The molecule has 0 saturated heterocycles. The molecule has 3 aromatic rings. The SMILES string of the molecule is C=C(CC/C(C)=C\C)c1ccc(C)c(C)c1C.C=C1CCc2ccccc2C1.CC.Cc1ccc(C)cc1. The molecule has 0 unspecified atom stereocenters. The Balaban J connectivity index is 0.000000294. The molecule has 0 atom stereocenters. The molecule has 0 aromatic heterocycles. The maximum absolute atomic E-state index is 4.24. The van der Waals surface area contributed by atoms with Crippen molar-refractivity contribution in [3.05, 3.63) is 136 Å². The third-order valence-corrected chi connectivity index (χ3v) is 7.28. The van der Waals surface area contributed by atoms with E-state index < -0.39 is 0 Å². The fourth-order valence-electron chi connectivity index (χ4n) is 4.25. The molecule has 0 amide bonds. The minimum absolute atomic E-state index is 1.06. The first-order valence-electron chi connectivity index (χ1n) is 14.3. The summed E-state index contributed by atoms with van der Waals surface area (Å²) < 4.78 is 0. The van der Waals surface area contributed by atoms with Gasteiger partial charge >= 0.3 is 0 Å². The highest BCUT2D eigenvalue weighted by atomic mass is 14.1. The van der Waals surface area contributed by atoms with Gasteiger partial charge in [0.2, 0.25) is 0 Å². The minimum Gasteiger partial charge on any atom is -0.0995 e. The number of benzene rings is 3. The van der Waals surface area contributed by atoms with E-state index in [-0.39, 0.29) is 0 Å². The minimum atomic E-state index is 1.06. The molecule has 0 heteroatoms. The molecule has 1 aliphatic carbocycles. The Morgan fingerprint density at radius 1 is 0.737 bits per heavy atom. The zero-order chi connectivity index (χ0) is 28.7. The third-order valence-electron chi connectivity index (χ3n) is 7.28. The van der Waals surface area contributed by atoms with E-state index in [2.05, 4.69) is 128 Å². The molecular weight excluding hydrogens is 456 g/mol. The van der Waals surface area contributed by atoms with Crippen molar-refractivity contribution in [2.45, 2.75) is 94.4 Å². The summed E-state index contributed by atoms with van der Waals surface area (Å²) in [6, 6.07) is 21.6. The quantitative estimate of drug-likeness (QED) is 0.307. The van der Waals surface area contributed by atoms with Gasteiger partial charge in [0.05, 0.1) is 0 Å². The largest absolute Gasteiger partial charge is 0.0995 e.